The minimum absolute atomic E-state index is 0.275. The molecule has 0 aliphatic carbocycles. The third kappa shape index (κ3) is 1.16. The first-order valence-corrected chi connectivity index (χ1v) is 4.29. The maximum atomic E-state index is 13.2. The Hall–Kier alpha value is -1.23. The van der Waals surface area contributed by atoms with Crippen LogP contribution in [0.15, 0.2) is 17.0 Å². The summed E-state index contributed by atoms with van der Waals surface area (Å²) in [4.78, 5) is 17.0. The fourth-order valence-electron chi connectivity index (χ4n) is 1.19. The van der Waals surface area contributed by atoms with Crippen molar-refractivity contribution in [1.29, 1.82) is 0 Å². The van der Waals surface area contributed by atoms with Gasteiger partial charge < -0.3 is 4.98 Å². The Labute approximate surface area is 81.1 Å². The van der Waals surface area contributed by atoms with Crippen LogP contribution >= 0.6 is 15.9 Å². The standard InChI is InChI=1S/C8H4BrFN2O/c9-8-7-6(5(10)2-12-8)4(3-13)1-11-7/h1-3,11H. The van der Waals surface area contributed by atoms with Crippen molar-refractivity contribution in [1.82, 2.24) is 9.97 Å². The van der Waals surface area contributed by atoms with Crippen molar-refractivity contribution in [3.05, 3.63) is 28.4 Å². The molecule has 0 fully saturated rings. The maximum absolute atomic E-state index is 13.2. The molecule has 3 nitrogen and oxygen atoms in total. The van der Waals surface area contributed by atoms with Crippen LogP contribution < -0.4 is 0 Å². The van der Waals surface area contributed by atoms with Crippen molar-refractivity contribution >= 4 is 33.1 Å². The summed E-state index contributed by atoms with van der Waals surface area (Å²) in [6, 6.07) is 0. The fraction of sp³-hybridized carbons (Fsp3) is 0. The molecule has 0 atom stereocenters. The van der Waals surface area contributed by atoms with E-state index in [-0.39, 0.29) is 5.39 Å². The molecule has 0 saturated carbocycles. The second-order valence-corrected chi connectivity index (χ2v) is 3.26. The molecule has 2 heterocycles. The number of aromatic amines is 1. The number of nitrogens with zero attached hydrogens (tertiary/aromatic N) is 1. The third-order valence-corrected chi connectivity index (χ3v) is 2.38. The Morgan fingerprint density at radius 2 is 2.38 bits per heavy atom. The quantitative estimate of drug-likeness (QED) is 0.616. The van der Waals surface area contributed by atoms with Crippen LogP contribution in [0.3, 0.4) is 0 Å². The fourth-order valence-corrected chi connectivity index (χ4v) is 1.61. The molecule has 5 heteroatoms. The van der Waals surface area contributed by atoms with Gasteiger partial charge in [0.1, 0.15) is 4.60 Å². The van der Waals surface area contributed by atoms with Gasteiger partial charge in [-0.1, -0.05) is 0 Å². The SMILES string of the molecule is O=Cc1c[nH]c2c(Br)ncc(F)c12. The molecular formula is C8H4BrFN2O. The first-order valence-electron chi connectivity index (χ1n) is 3.50. The van der Waals surface area contributed by atoms with Crippen LogP contribution in [0.5, 0.6) is 0 Å². The van der Waals surface area contributed by atoms with Crippen molar-refractivity contribution in [2.75, 3.05) is 0 Å². The Morgan fingerprint density at radius 3 is 3.08 bits per heavy atom. The van der Waals surface area contributed by atoms with E-state index in [4.69, 9.17) is 0 Å². The molecule has 0 bridgehead atoms. The lowest BCUT2D eigenvalue weighted by molar-refractivity contribution is 0.112. The van der Waals surface area contributed by atoms with Crippen LogP contribution in [0.2, 0.25) is 0 Å². The van der Waals surface area contributed by atoms with E-state index in [0.29, 0.717) is 22.0 Å². The lowest BCUT2D eigenvalue weighted by Crippen LogP contribution is -1.85. The summed E-state index contributed by atoms with van der Waals surface area (Å²) in [6.07, 6.45) is 3.13. The van der Waals surface area contributed by atoms with Gasteiger partial charge in [-0.3, -0.25) is 4.79 Å². The van der Waals surface area contributed by atoms with Crippen LogP contribution in [-0.4, -0.2) is 16.3 Å². The van der Waals surface area contributed by atoms with Crippen LogP contribution in [0.1, 0.15) is 10.4 Å². The van der Waals surface area contributed by atoms with E-state index < -0.39 is 5.82 Å². The highest BCUT2D eigenvalue weighted by atomic mass is 79.9. The van der Waals surface area contributed by atoms with E-state index in [2.05, 4.69) is 25.9 Å². The number of carbonyl (C=O) groups is 1. The van der Waals surface area contributed by atoms with E-state index in [1.807, 2.05) is 0 Å². The zero-order valence-corrected chi connectivity index (χ0v) is 7.93. The van der Waals surface area contributed by atoms with Gasteiger partial charge in [-0.25, -0.2) is 9.37 Å². The lowest BCUT2D eigenvalue weighted by Gasteiger charge is -1.94. The summed E-state index contributed by atoms with van der Waals surface area (Å²) in [7, 11) is 0. The van der Waals surface area contributed by atoms with Gasteiger partial charge in [-0.2, -0.15) is 0 Å². The van der Waals surface area contributed by atoms with Crippen molar-refractivity contribution in [3.8, 4) is 0 Å². The molecule has 2 rings (SSSR count). The smallest absolute Gasteiger partial charge is 0.152 e. The molecule has 0 unspecified atom stereocenters. The minimum Gasteiger partial charge on any atom is -0.358 e. The number of halogens is 2. The number of pyridine rings is 1. The molecule has 0 aliphatic heterocycles. The first-order chi connectivity index (χ1) is 6.24. The van der Waals surface area contributed by atoms with Crippen LogP contribution in [0, 0.1) is 5.82 Å². The van der Waals surface area contributed by atoms with E-state index in [1.54, 1.807) is 0 Å². The van der Waals surface area contributed by atoms with Crippen molar-refractivity contribution < 1.29 is 9.18 Å². The molecule has 2 aromatic heterocycles. The number of hydrogen-bond acceptors (Lipinski definition) is 2. The zero-order valence-electron chi connectivity index (χ0n) is 6.34. The van der Waals surface area contributed by atoms with Gasteiger partial charge in [0, 0.05) is 11.8 Å². The number of aromatic nitrogens is 2. The number of hydrogen-bond donors (Lipinski definition) is 1. The Balaban J connectivity index is 2.95. The normalized spacial score (nSPS) is 10.6. The summed E-state index contributed by atoms with van der Waals surface area (Å²) in [5, 5.41) is 0.275. The summed E-state index contributed by atoms with van der Waals surface area (Å²) < 4.78 is 13.7. The second kappa shape index (κ2) is 2.92. The summed E-state index contributed by atoms with van der Waals surface area (Å²) in [5.41, 5.74) is 0.803. The van der Waals surface area contributed by atoms with Gasteiger partial charge in [-0.15, -0.1) is 0 Å². The molecular weight excluding hydrogens is 239 g/mol. The van der Waals surface area contributed by atoms with Gasteiger partial charge in [0.05, 0.1) is 17.1 Å². The van der Waals surface area contributed by atoms with E-state index in [0.717, 1.165) is 6.20 Å². The average Bonchev–Trinajstić information content (AvgIpc) is 2.56. The highest BCUT2D eigenvalue weighted by Crippen LogP contribution is 2.25. The summed E-state index contributed by atoms with van der Waals surface area (Å²) >= 11 is 3.15. The molecule has 0 spiro atoms. The van der Waals surface area contributed by atoms with Gasteiger partial charge in [0.25, 0.3) is 0 Å². The van der Waals surface area contributed by atoms with Crippen molar-refractivity contribution in [2.45, 2.75) is 0 Å². The minimum atomic E-state index is -0.499. The maximum Gasteiger partial charge on any atom is 0.152 e. The average molecular weight is 243 g/mol. The highest BCUT2D eigenvalue weighted by molar-refractivity contribution is 9.10. The second-order valence-electron chi connectivity index (χ2n) is 2.51. The van der Waals surface area contributed by atoms with Gasteiger partial charge in [-0.05, 0) is 15.9 Å². The molecule has 1 N–H and O–H groups in total. The van der Waals surface area contributed by atoms with Gasteiger partial charge in [0.15, 0.2) is 12.1 Å². The molecule has 0 aromatic carbocycles. The number of carbonyl (C=O) groups excluding carboxylic acids is 1. The highest BCUT2D eigenvalue weighted by Gasteiger charge is 2.11. The van der Waals surface area contributed by atoms with Crippen LogP contribution in [0.25, 0.3) is 10.9 Å². The molecule has 0 aliphatic rings. The Bertz CT molecular complexity index is 480. The number of aldehydes is 1. The summed E-state index contributed by atoms with van der Waals surface area (Å²) in [5.74, 6) is -0.499. The predicted octanol–water partition coefficient (Wildman–Crippen LogP) is 2.28. The molecule has 0 amide bonds. The van der Waals surface area contributed by atoms with Crippen molar-refractivity contribution in [2.24, 2.45) is 0 Å². The molecule has 0 radical (unpaired) electrons. The monoisotopic (exact) mass is 242 g/mol. The molecule has 2 aromatic rings. The summed E-state index contributed by atoms with van der Waals surface area (Å²) in [6.45, 7) is 0. The van der Waals surface area contributed by atoms with Crippen molar-refractivity contribution in [3.63, 3.8) is 0 Å². The van der Waals surface area contributed by atoms with E-state index >= 15 is 0 Å². The zero-order chi connectivity index (χ0) is 9.42. The third-order valence-electron chi connectivity index (χ3n) is 1.77. The van der Waals surface area contributed by atoms with Crippen LogP contribution in [0.4, 0.5) is 4.39 Å². The van der Waals surface area contributed by atoms with Crippen LogP contribution in [-0.2, 0) is 0 Å². The van der Waals surface area contributed by atoms with Gasteiger partial charge >= 0.3 is 0 Å². The van der Waals surface area contributed by atoms with E-state index in [1.165, 1.54) is 6.20 Å². The largest absolute Gasteiger partial charge is 0.358 e. The van der Waals surface area contributed by atoms with Gasteiger partial charge in [0.2, 0.25) is 0 Å². The molecule has 13 heavy (non-hydrogen) atoms. The number of fused-ring (bicyclic) bond motifs is 1. The number of H-pyrrole nitrogens is 1. The predicted molar refractivity (Wildman–Crippen MR) is 49.1 cm³/mol. The Morgan fingerprint density at radius 1 is 1.62 bits per heavy atom. The number of rotatable bonds is 1. The lowest BCUT2D eigenvalue weighted by atomic mass is 10.2. The van der Waals surface area contributed by atoms with E-state index in [9.17, 15) is 9.18 Å². The molecule has 66 valence electrons. The molecule has 0 saturated heterocycles. The first kappa shape index (κ1) is 8.37. The topological polar surface area (TPSA) is 45.8 Å². The Kier molecular flexibility index (Phi) is 1.88. The number of nitrogens with one attached hydrogen (secondary N) is 1.